The van der Waals surface area contributed by atoms with Crippen molar-refractivity contribution in [3.05, 3.63) is 23.2 Å². The van der Waals surface area contributed by atoms with Gasteiger partial charge in [0.05, 0.1) is 4.88 Å². The zero-order valence-electron chi connectivity index (χ0n) is 8.34. The Kier molecular flexibility index (Phi) is 2.39. The number of anilines is 1. The van der Waals surface area contributed by atoms with Gasteiger partial charge in [-0.2, -0.15) is 0 Å². The lowest BCUT2D eigenvalue weighted by molar-refractivity contribution is 0.0692. The molecule has 0 radical (unpaired) electrons. The molecule has 0 unspecified atom stereocenters. The Bertz CT molecular complexity index is 682. The number of carboxylic acids is 1. The van der Waals surface area contributed by atoms with Crippen LogP contribution in [0.2, 0.25) is 0 Å². The standard InChI is InChI=1S/C10H6N2O2S3/c11-8-7(10(13)14)12-9(17-8)6-3-5-4(16-6)1-2-15-5/h1-3H,11H2,(H,13,14). The molecule has 0 saturated heterocycles. The van der Waals surface area contributed by atoms with Crippen LogP contribution in [0.15, 0.2) is 17.5 Å². The van der Waals surface area contributed by atoms with Crippen LogP contribution in [0.4, 0.5) is 5.00 Å². The normalized spacial score (nSPS) is 11.1. The quantitative estimate of drug-likeness (QED) is 0.755. The number of aromatic carboxylic acids is 1. The third kappa shape index (κ3) is 1.72. The van der Waals surface area contributed by atoms with Crippen LogP contribution in [0.25, 0.3) is 19.3 Å². The molecule has 0 amide bonds. The number of rotatable bonds is 2. The summed E-state index contributed by atoms with van der Waals surface area (Å²) in [4.78, 5) is 15.9. The van der Waals surface area contributed by atoms with E-state index in [4.69, 9.17) is 10.8 Å². The Balaban J connectivity index is 2.12. The molecule has 0 spiro atoms. The third-order valence-corrected chi connectivity index (χ3v) is 5.35. The molecule has 7 heteroatoms. The maximum absolute atomic E-state index is 10.9. The van der Waals surface area contributed by atoms with Gasteiger partial charge in [-0.25, -0.2) is 9.78 Å². The average molecular weight is 282 g/mol. The molecule has 3 N–H and O–H groups in total. The lowest BCUT2D eigenvalue weighted by Crippen LogP contribution is -2.00. The summed E-state index contributed by atoms with van der Waals surface area (Å²) in [6, 6.07) is 4.07. The van der Waals surface area contributed by atoms with Crippen molar-refractivity contribution < 1.29 is 9.90 Å². The molecule has 0 saturated carbocycles. The molecule has 0 bridgehead atoms. The van der Waals surface area contributed by atoms with Crippen LogP contribution in [-0.2, 0) is 0 Å². The fraction of sp³-hybridized carbons (Fsp3) is 0. The molecule has 3 rings (SSSR count). The monoisotopic (exact) mass is 282 g/mol. The van der Waals surface area contributed by atoms with Gasteiger partial charge in [-0.3, -0.25) is 0 Å². The zero-order valence-corrected chi connectivity index (χ0v) is 10.8. The highest BCUT2D eigenvalue weighted by molar-refractivity contribution is 7.31. The molecular formula is C10H6N2O2S3. The molecule has 0 aliphatic rings. The number of aromatic nitrogens is 1. The molecule has 0 aliphatic heterocycles. The summed E-state index contributed by atoms with van der Waals surface area (Å²) >= 11 is 4.48. The average Bonchev–Trinajstić information content (AvgIpc) is 2.88. The summed E-state index contributed by atoms with van der Waals surface area (Å²) in [5.74, 6) is -1.08. The lowest BCUT2D eigenvalue weighted by Gasteiger charge is -1.86. The third-order valence-electron chi connectivity index (χ3n) is 2.21. The summed E-state index contributed by atoms with van der Waals surface area (Å²) in [7, 11) is 0. The second kappa shape index (κ2) is 3.80. The van der Waals surface area contributed by atoms with Crippen molar-refractivity contribution in [2.75, 3.05) is 5.73 Å². The molecule has 17 heavy (non-hydrogen) atoms. The number of carbonyl (C=O) groups is 1. The highest BCUT2D eigenvalue weighted by atomic mass is 32.1. The van der Waals surface area contributed by atoms with Gasteiger partial charge in [-0.15, -0.1) is 22.7 Å². The summed E-state index contributed by atoms with van der Waals surface area (Å²) < 4.78 is 2.38. The summed E-state index contributed by atoms with van der Waals surface area (Å²) in [5, 5.41) is 11.9. The molecule has 4 nitrogen and oxygen atoms in total. The molecule has 0 aromatic carbocycles. The van der Waals surface area contributed by atoms with Gasteiger partial charge in [0.2, 0.25) is 0 Å². The molecule has 3 aromatic rings. The fourth-order valence-corrected chi connectivity index (χ4v) is 4.44. The van der Waals surface area contributed by atoms with Gasteiger partial charge < -0.3 is 10.8 Å². The molecular weight excluding hydrogens is 276 g/mol. The Labute approximate surface area is 108 Å². The smallest absolute Gasteiger partial charge is 0.357 e. The van der Waals surface area contributed by atoms with Crippen molar-refractivity contribution in [3.63, 3.8) is 0 Å². The predicted molar refractivity (Wildman–Crippen MR) is 72.2 cm³/mol. The first kappa shape index (κ1) is 10.7. The van der Waals surface area contributed by atoms with Gasteiger partial charge >= 0.3 is 5.97 Å². The first-order chi connectivity index (χ1) is 8.15. The van der Waals surface area contributed by atoms with E-state index in [1.807, 2.05) is 17.5 Å². The molecule has 0 aliphatic carbocycles. The van der Waals surface area contributed by atoms with Gasteiger partial charge in [-0.1, -0.05) is 11.3 Å². The van der Waals surface area contributed by atoms with Crippen molar-refractivity contribution in [1.82, 2.24) is 4.98 Å². The van der Waals surface area contributed by atoms with Crippen LogP contribution in [0.5, 0.6) is 0 Å². The fourth-order valence-electron chi connectivity index (χ4n) is 1.46. The number of thiophene rings is 2. The van der Waals surface area contributed by atoms with Crippen LogP contribution in [0, 0.1) is 0 Å². The van der Waals surface area contributed by atoms with E-state index in [0.29, 0.717) is 5.01 Å². The Morgan fingerprint density at radius 1 is 1.35 bits per heavy atom. The minimum Gasteiger partial charge on any atom is -0.476 e. The lowest BCUT2D eigenvalue weighted by atomic mass is 10.4. The van der Waals surface area contributed by atoms with Crippen molar-refractivity contribution >= 4 is 54.4 Å². The van der Waals surface area contributed by atoms with E-state index in [0.717, 1.165) is 4.88 Å². The number of nitrogen functional groups attached to an aromatic ring is 1. The van der Waals surface area contributed by atoms with Crippen molar-refractivity contribution in [3.8, 4) is 9.88 Å². The second-order valence-electron chi connectivity index (χ2n) is 3.30. The minimum absolute atomic E-state index is 0.0539. The Hall–Kier alpha value is -1.44. The number of hydrogen-bond donors (Lipinski definition) is 2. The molecule has 3 aromatic heterocycles. The van der Waals surface area contributed by atoms with Crippen LogP contribution in [-0.4, -0.2) is 16.1 Å². The topological polar surface area (TPSA) is 76.2 Å². The Morgan fingerprint density at radius 3 is 2.82 bits per heavy atom. The number of hydrogen-bond acceptors (Lipinski definition) is 6. The van der Waals surface area contributed by atoms with Gasteiger partial charge in [0.15, 0.2) is 5.69 Å². The number of thiazole rings is 1. The predicted octanol–water partition coefficient (Wildman–Crippen LogP) is 3.37. The van der Waals surface area contributed by atoms with Crippen LogP contribution >= 0.6 is 34.0 Å². The minimum atomic E-state index is -1.08. The number of carboxylic acid groups (broad SMARTS) is 1. The molecule has 0 fully saturated rings. The molecule has 3 heterocycles. The van der Waals surface area contributed by atoms with Crippen molar-refractivity contribution in [2.24, 2.45) is 0 Å². The van der Waals surface area contributed by atoms with Gasteiger partial charge in [-0.05, 0) is 17.5 Å². The Morgan fingerprint density at radius 2 is 2.18 bits per heavy atom. The van der Waals surface area contributed by atoms with Crippen LogP contribution < -0.4 is 5.73 Å². The largest absolute Gasteiger partial charge is 0.476 e. The van der Waals surface area contributed by atoms with E-state index in [-0.39, 0.29) is 10.7 Å². The second-order valence-corrected chi connectivity index (χ2v) is 6.36. The van der Waals surface area contributed by atoms with Crippen molar-refractivity contribution in [2.45, 2.75) is 0 Å². The first-order valence-electron chi connectivity index (χ1n) is 4.62. The summed E-state index contributed by atoms with van der Waals surface area (Å²) in [5.41, 5.74) is 5.58. The summed E-state index contributed by atoms with van der Waals surface area (Å²) in [6.45, 7) is 0. The highest BCUT2D eigenvalue weighted by Gasteiger charge is 2.17. The maximum atomic E-state index is 10.9. The van der Waals surface area contributed by atoms with Gasteiger partial charge in [0.25, 0.3) is 0 Å². The van der Waals surface area contributed by atoms with Crippen LogP contribution in [0.1, 0.15) is 10.5 Å². The SMILES string of the molecule is Nc1sc(-c2cc3sccc3s2)nc1C(=O)O. The first-order valence-corrected chi connectivity index (χ1v) is 7.13. The van der Waals surface area contributed by atoms with E-state index in [1.165, 1.54) is 20.7 Å². The van der Waals surface area contributed by atoms with E-state index in [1.54, 1.807) is 22.7 Å². The van der Waals surface area contributed by atoms with Crippen molar-refractivity contribution in [1.29, 1.82) is 0 Å². The molecule has 86 valence electrons. The van der Waals surface area contributed by atoms with E-state index < -0.39 is 5.97 Å². The van der Waals surface area contributed by atoms with Gasteiger partial charge in [0.1, 0.15) is 10.0 Å². The van der Waals surface area contributed by atoms with E-state index in [9.17, 15) is 4.79 Å². The highest BCUT2D eigenvalue weighted by Crippen LogP contribution is 2.39. The van der Waals surface area contributed by atoms with E-state index in [2.05, 4.69) is 4.98 Å². The van der Waals surface area contributed by atoms with Gasteiger partial charge in [0, 0.05) is 9.40 Å². The summed E-state index contributed by atoms with van der Waals surface area (Å²) in [6.07, 6.45) is 0. The number of nitrogens with zero attached hydrogens (tertiary/aromatic N) is 1. The maximum Gasteiger partial charge on any atom is 0.357 e. The van der Waals surface area contributed by atoms with Crippen LogP contribution in [0.3, 0.4) is 0 Å². The number of fused-ring (bicyclic) bond motifs is 1. The number of nitrogens with two attached hydrogens (primary N) is 1. The van der Waals surface area contributed by atoms with E-state index >= 15 is 0 Å². The molecule has 0 atom stereocenters. The zero-order chi connectivity index (χ0) is 12.0.